The molecular weight excluding hydrogens is 392 g/mol. The molecule has 0 aliphatic carbocycles. The molecule has 0 bridgehead atoms. The van der Waals surface area contributed by atoms with E-state index in [-0.39, 0.29) is 6.61 Å². The van der Waals surface area contributed by atoms with Gasteiger partial charge in [0, 0.05) is 63.1 Å². The molecule has 164 valence electrons. The van der Waals surface area contributed by atoms with Crippen LogP contribution in [0, 0.1) is 0 Å². The second-order valence-electron chi connectivity index (χ2n) is 8.45. The standard InChI is InChI=1S/C23H30N6O2/c1-27-5-7-28(8-6-27)15-19-14-24-21-20(19)25-22(18-4-2-3-17(13-18)16-30)26-23(21)29-9-11-31-12-10-29/h2-4,13-14,24,30H,5-12,15-16H2,1H3. The number of hydrogen-bond acceptors (Lipinski definition) is 7. The van der Waals surface area contributed by atoms with Gasteiger partial charge in [0.2, 0.25) is 0 Å². The lowest BCUT2D eigenvalue weighted by Gasteiger charge is -2.32. The zero-order valence-electron chi connectivity index (χ0n) is 18.0. The summed E-state index contributed by atoms with van der Waals surface area (Å²) in [5.74, 6) is 1.63. The predicted molar refractivity (Wildman–Crippen MR) is 121 cm³/mol. The number of benzene rings is 1. The highest BCUT2D eigenvalue weighted by Crippen LogP contribution is 2.30. The SMILES string of the molecule is CN1CCN(Cc2c[nH]c3c(N4CCOCC4)nc(-c4cccc(CO)c4)nc23)CC1. The lowest BCUT2D eigenvalue weighted by Crippen LogP contribution is -2.43. The van der Waals surface area contributed by atoms with E-state index in [1.807, 2.05) is 24.3 Å². The quantitative estimate of drug-likeness (QED) is 0.648. The van der Waals surface area contributed by atoms with E-state index in [1.165, 1.54) is 5.56 Å². The Morgan fingerprint density at radius 2 is 1.87 bits per heavy atom. The second kappa shape index (κ2) is 8.92. The molecule has 2 fully saturated rings. The number of anilines is 1. The van der Waals surface area contributed by atoms with Gasteiger partial charge in [-0.05, 0) is 18.7 Å². The van der Waals surface area contributed by atoms with Gasteiger partial charge < -0.3 is 24.6 Å². The van der Waals surface area contributed by atoms with Crippen molar-refractivity contribution in [2.24, 2.45) is 0 Å². The highest BCUT2D eigenvalue weighted by Gasteiger charge is 2.22. The van der Waals surface area contributed by atoms with Crippen LogP contribution in [0.15, 0.2) is 30.5 Å². The maximum Gasteiger partial charge on any atom is 0.162 e. The van der Waals surface area contributed by atoms with Crippen LogP contribution in [0.2, 0.25) is 0 Å². The van der Waals surface area contributed by atoms with E-state index in [2.05, 4.69) is 32.9 Å². The van der Waals surface area contributed by atoms with E-state index < -0.39 is 0 Å². The van der Waals surface area contributed by atoms with Gasteiger partial charge in [0.05, 0.1) is 25.3 Å². The van der Waals surface area contributed by atoms with Gasteiger partial charge in [0.15, 0.2) is 11.6 Å². The molecule has 2 N–H and O–H groups in total. The predicted octanol–water partition coefficient (Wildman–Crippen LogP) is 1.70. The number of hydrogen-bond donors (Lipinski definition) is 2. The molecule has 4 heterocycles. The fourth-order valence-electron chi connectivity index (χ4n) is 4.35. The first-order chi connectivity index (χ1) is 15.2. The number of H-pyrrole nitrogens is 1. The van der Waals surface area contributed by atoms with Crippen LogP contribution in [0.5, 0.6) is 0 Å². The Hall–Kier alpha value is -2.52. The van der Waals surface area contributed by atoms with Gasteiger partial charge in [-0.2, -0.15) is 0 Å². The summed E-state index contributed by atoms with van der Waals surface area (Å²) in [5, 5.41) is 9.57. The summed E-state index contributed by atoms with van der Waals surface area (Å²) in [6.45, 7) is 8.24. The van der Waals surface area contributed by atoms with Gasteiger partial charge >= 0.3 is 0 Å². The van der Waals surface area contributed by atoms with Crippen molar-refractivity contribution < 1.29 is 9.84 Å². The van der Waals surface area contributed by atoms with Gasteiger partial charge in [0.1, 0.15) is 5.52 Å². The minimum atomic E-state index is 0.00517. The monoisotopic (exact) mass is 422 g/mol. The van der Waals surface area contributed by atoms with Crippen molar-refractivity contribution in [1.82, 2.24) is 24.8 Å². The number of ether oxygens (including phenoxy) is 1. The van der Waals surface area contributed by atoms with Crippen molar-refractivity contribution in [2.75, 3.05) is 64.4 Å². The van der Waals surface area contributed by atoms with Crippen molar-refractivity contribution >= 4 is 16.9 Å². The number of nitrogens with zero attached hydrogens (tertiary/aromatic N) is 5. The molecule has 0 unspecified atom stereocenters. The number of rotatable bonds is 5. The number of likely N-dealkylation sites (N-methyl/N-ethyl adjacent to an activating group) is 1. The molecule has 3 aromatic rings. The van der Waals surface area contributed by atoms with Crippen molar-refractivity contribution in [1.29, 1.82) is 0 Å². The van der Waals surface area contributed by atoms with Crippen molar-refractivity contribution in [3.63, 3.8) is 0 Å². The second-order valence-corrected chi connectivity index (χ2v) is 8.45. The molecule has 0 atom stereocenters. The van der Waals surface area contributed by atoms with Gasteiger partial charge in [-0.25, -0.2) is 9.97 Å². The maximum absolute atomic E-state index is 9.57. The molecule has 0 spiro atoms. The molecule has 5 rings (SSSR count). The minimum Gasteiger partial charge on any atom is -0.392 e. The molecule has 1 aromatic carbocycles. The average Bonchev–Trinajstić information content (AvgIpc) is 3.23. The third-order valence-electron chi connectivity index (χ3n) is 6.25. The topological polar surface area (TPSA) is 80.8 Å². The lowest BCUT2D eigenvalue weighted by molar-refractivity contribution is 0.122. The third-order valence-corrected chi connectivity index (χ3v) is 6.25. The van der Waals surface area contributed by atoms with Crippen LogP contribution in [-0.2, 0) is 17.9 Å². The molecule has 8 heteroatoms. The molecule has 2 aromatic heterocycles. The van der Waals surface area contributed by atoms with E-state index in [0.29, 0.717) is 19.0 Å². The van der Waals surface area contributed by atoms with Crippen molar-refractivity contribution in [2.45, 2.75) is 13.2 Å². The summed E-state index contributed by atoms with van der Waals surface area (Å²) in [4.78, 5) is 20.6. The van der Waals surface area contributed by atoms with E-state index in [1.54, 1.807) is 0 Å². The zero-order chi connectivity index (χ0) is 21.2. The van der Waals surface area contributed by atoms with Crippen LogP contribution in [0.1, 0.15) is 11.1 Å². The highest BCUT2D eigenvalue weighted by atomic mass is 16.5. The largest absolute Gasteiger partial charge is 0.392 e. The summed E-state index contributed by atoms with van der Waals surface area (Å²) in [7, 11) is 2.18. The number of fused-ring (bicyclic) bond motifs is 1. The molecule has 8 nitrogen and oxygen atoms in total. The van der Waals surface area contributed by atoms with Gasteiger partial charge in [-0.1, -0.05) is 18.2 Å². The molecular formula is C23H30N6O2. The van der Waals surface area contributed by atoms with Gasteiger partial charge in [0.25, 0.3) is 0 Å². The van der Waals surface area contributed by atoms with E-state index in [4.69, 9.17) is 14.7 Å². The van der Waals surface area contributed by atoms with Crippen LogP contribution in [0.25, 0.3) is 22.4 Å². The Bertz CT molecular complexity index is 1040. The molecule has 0 saturated carbocycles. The van der Waals surface area contributed by atoms with E-state index in [0.717, 1.165) is 73.8 Å². The number of aromatic nitrogens is 3. The summed E-state index contributed by atoms with van der Waals surface area (Å²) in [6.07, 6.45) is 2.09. The number of aromatic amines is 1. The van der Waals surface area contributed by atoms with Gasteiger partial charge in [-0.3, -0.25) is 4.90 Å². The maximum atomic E-state index is 9.57. The lowest BCUT2D eigenvalue weighted by atomic mass is 10.1. The number of aliphatic hydroxyl groups is 1. The highest BCUT2D eigenvalue weighted by molar-refractivity contribution is 5.90. The number of piperazine rings is 1. The molecule has 2 aliphatic rings. The Balaban J connectivity index is 1.56. The van der Waals surface area contributed by atoms with Crippen LogP contribution in [0.4, 0.5) is 5.82 Å². The first kappa shape index (κ1) is 20.4. The van der Waals surface area contributed by atoms with Crippen LogP contribution >= 0.6 is 0 Å². The number of nitrogens with one attached hydrogen (secondary N) is 1. The molecule has 31 heavy (non-hydrogen) atoms. The smallest absolute Gasteiger partial charge is 0.162 e. The first-order valence-corrected chi connectivity index (χ1v) is 11.0. The number of aliphatic hydroxyl groups excluding tert-OH is 1. The van der Waals surface area contributed by atoms with Crippen LogP contribution < -0.4 is 4.90 Å². The van der Waals surface area contributed by atoms with E-state index in [9.17, 15) is 5.11 Å². The zero-order valence-corrected chi connectivity index (χ0v) is 18.0. The van der Waals surface area contributed by atoms with Crippen LogP contribution in [0.3, 0.4) is 0 Å². The summed E-state index contributed by atoms with van der Waals surface area (Å²) < 4.78 is 5.56. The van der Waals surface area contributed by atoms with Crippen molar-refractivity contribution in [3.8, 4) is 11.4 Å². The fourth-order valence-corrected chi connectivity index (χ4v) is 4.35. The Kier molecular flexibility index (Phi) is 5.87. The molecule has 2 saturated heterocycles. The Morgan fingerprint density at radius 3 is 2.65 bits per heavy atom. The Labute approximate surface area is 182 Å². The van der Waals surface area contributed by atoms with Crippen LogP contribution in [-0.4, -0.2) is 89.4 Å². The molecule has 0 radical (unpaired) electrons. The number of morpholine rings is 1. The summed E-state index contributed by atoms with van der Waals surface area (Å²) in [5.41, 5.74) is 4.97. The van der Waals surface area contributed by atoms with E-state index >= 15 is 0 Å². The minimum absolute atomic E-state index is 0.00517. The average molecular weight is 423 g/mol. The normalized spacial score (nSPS) is 18.7. The van der Waals surface area contributed by atoms with Crippen molar-refractivity contribution in [3.05, 3.63) is 41.6 Å². The third kappa shape index (κ3) is 4.29. The fraction of sp³-hybridized carbons (Fsp3) is 0.478. The Morgan fingerprint density at radius 1 is 1.06 bits per heavy atom. The first-order valence-electron chi connectivity index (χ1n) is 11.0. The van der Waals surface area contributed by atoms with Gasteiger partial charge in [-0.15, -0.1) is 0 Å². The molecule has 0 amide bonds. The molecule has 2 aliphatic heterocycles. The summed E-state index contributed by atoms with van der Waals surface area (Å²) in [6, 6.07) is 7.85. The summed E-state index contributed by atoms with van der Waals surface area (Å²) >= 11 is 0.